The van der Waals surface area contributed by atoms with Crippen LogP contribution in [-0.2, 0) is 29.0 Å². The molecule has 2 aromatic carbocycles. The molecule has 3 aromatic rings. The monoisotopic (exact) mass is 405 g/mol. The van der Waals surface area contributed by atoms with E-state index in [9.17, 15) is 4.79 Å². The lowest BCUT2D eigenvalue weighted by Gasteiger charge is -2.24. The number of aromatic nitrogens is 2. The van der Waals surface area contributed by atoms with Crippen LogP contribution >= 0.6 is 0 Å². The lowest BCUT2D eigenvalue weighted by Crippen LogP contribution is -2.36. The van der Waals surface area contributed by atoms with Crippen molar-refractivity contribution in [1.82, 2.24) is 14.7 Å². The first-order valence-corrected chi connectivity index (χ1v) is 10.3. The summed E-state index contributed by atoms with van der Waals surface area (Å²) in [6.07, 6.45) is 4.27. The van der Waals surface area contributed by atoms with Crippen molar-refractivity contribution in [3.05, 3.63) is 83.2 Å². The zero-order valence-corrected chi connectivity index (χ0v) is 17.3. The van der Waals surface area contributed by atoms with Gasteiger partial charge in [-0.3, -0.25) is 9.48 Å². The molecule has 2 bridgehead atoms. The fourth-order valence-electron chi connectivity index (χ4n) is 3.68. The van der Waals surface area contributed by atoms with Gasteiger partial charge in [0.2, 0.25) is 5.91 Å². The molecule has 1 aliphatic rings. The van der Waals surface area contributed by atoms with Crippen molar-refractivity contribution in [3.63, 3.8) is 0 Å². The molecule has 30 heavy (non-hydrogen) atoms. The third kappa shape index (κ3) is 5.27. The Kier molecular flexibility index (Phi) is 6.44. The average molecular weight is 405 g/mol. The van der Waals surface area contributed by atoms with Gasteiger partial charge in [-0.05, 0) is 35.7 Å². The minimum absolute atomic E-state index is 0.0250. The third-order valence-corrected chi connectivity index (χ3v) is 5.18. The molecule has 0 aliphatic carbocycles. The third-order valence-electron chi connectivity index (χ3n) is 5.18. The number of fused-ring (bicyclic) bond motifs is 3. The summed E-state index contributed by atoms with van der Waals surface area (Å²) in [6.45, 7) is 4.83. The molecule has 0 N–H and O–H groups in total. The Bertz CT molecular complexity index is 985. The molecule has 6 nitrogen and oxygen atoms in total. The first-order valence-electron chi connectivity index (χ1n) is 10.3. The quantitative estimate of drug-likeness (QED) is 0.657. The van der Waals surface area contributed by atoms with Crippen molar-refractivity contribution < 1.29 is 14.3 Å². The number of ether oxygens (including phenoxy) is 2. The fourth-order valence-corrected chi connectivity index (χ4v) is 3.68. The molecule has 4 rings (SSSR count). The maximum Gasteiger partial charge on any atom is 0.244 e. The number of aryl methyl sites for hydroxylation is 1. The van der Waals surface area contributed by atoms with E-state index in [1.165, 1.54) is 11.1 Å². The van der Waals surface area contributed by atoms with Gasteiger partial charge in [-0.15, -0.1) is 0 Å². The summed E-state index contributed by atoms with van der Waals surface area (Å²) in [6, 6.07) is 16.5. The van der Waals surface area contributed by atoms with Crippen molar-refractivity contribution in [2.75, 3.05) is 26.4 Å². The minimum atomic E-state index is 0.0250. The molecule has 156 valence electrons. The number of hydrogen-bond acceptors (Lipinski definition) is 4. The second-order valence-electron chi connectivity index (χ2n) is 7.59. The van der Waals surface area contributed by atoms with Crippen molar-refractivity contribution in [2.24, 2.45) is 0 Å². The molecule has 0 saturated carbocycles. The fraction of sp³-hybridized carbons (Fsp3) is 0.333. The van der Waals surface area contributed by atoms with Crippen LogP contribution in [0.4, 0.5) is 0 Å². The highest BCUT2D eigenvalue weighted by molar-refractivity contribution is 5.75. The van der Waals surface area contributed by atoms with E-state index in [1.807, 2.05) is 17.0 Å². The lowest BCUT2D eigenvalue weighted by molar-refractivity contribution is -0.133. The summed E-state index contributed by atoms with van der Waals surface area (Å²) in [5.74, 6) is 0.930. The molecule has 0 spiro atoms. The van der Waals surface area contributed by atoms with Gasteiger partial charge < -0.3 is 14.4 Å². The van der Waals surface area contributed by atoms with E-state index in [-0.39, 0.29) is 12.5 Å². The Balaban J connectivity index is 1.57. The molecule has 0 fully saturated rings. The molecule has 0 saturated heterocycles. The number of carbonyl (C=O) groups is 1. The van der Waals surface area contributed by atoms with E-state index < -0.39 is 0 Å². The van der Waals surface area contributed by atoms with Crippen LogP contribution in [-0.4, -0.2) is 47.0 Å². The molecule has 1 aromatic heterocycles. The average Bonchev–Trinajstić information content (AvgIpc) is 3.24. The maximum absolute atomic E-state index is 12.9. The first kappa shape index (κ1) is 20.2. The second-order valence-corrected chi connectivity index (χ2v) is 7.59. The van der Waals surface area contributed by atoms with Gasteiger partial charge in [-0.1, -0.05) is 42.0 Å². The van der Waals surface area contributed by atoms with Crippen molar-refractivity contribution in [2.45, 2.75) is 26.4 Å². The Morgan fingerprint density at radius 3 is 2.83 bits per heavy atom. The van der Waals surface area contributed by atoms with E-state index in [0.29, 0.717) is 32.9 Å². The van der Waals surface area contributed by atoms with Gasteiger partial charge in [0.1, 0.15) is 18.9 Å². The van der Waals surface area contributed by atoms with E-state index in [1.54, 1.807) is 17.1 Å². The van der Waals surface area contributed by atoms with E-state index in [4.69, 9.17) is 9.47 Å². The second kappa shape index (κ2) is 9.59. The molecular weight excluding hydrogens is 378 g/mol. The Labute approximate surface area is 177 Å². The summed E-state index contributed by atoms with van der Waals surface area (Å²) in [7, 11) is 0. The van der Waals surface area contributed by atoms with E-state index >= 15 is 0 Å². The smallest absolute Gasteiger partial charge is 0.244 e. The number of benzene rings is 2. The van der Waals surface area contributed by atoms with Gasteiger partial charge in [0.25, 0.3) is 0 Å². The SMILES string of the molecule is Cc1ccc2c(c1)Cc1cccc(c1)CN(C(=O)Cn1cccn1)CCOCCO2. The van der Waals surface area contributed by atoms with Crippen LogP contribution in [0.15, 0.2) is 60.9 Å². The molecule has 0 atom stereocenters. The first-order chi connectivity index (χ1) is 14.7. The highest BCUT2D eigenvalue weighted by atomic mass is 16.5. The van der Waals surface area contributed by atoms with E-state index in [2.05, 4.69) is 48.4 Å². The van der Waals surface area contributed by atoms with Crippen LogP contribution in [0.25, 0.3) is 0 Å². The minimum Gasteiger partial charge on any atom is -0.491 e. The summed E-state index contributed by atoms with van der Waals surface area (Å²) in [4.78, 5) is 14.7. The van der Waals surface area contributed by atoms with Crippen LogP contribution in [0.2, 0.25) is 0 Å². The molecule has 0 radical (unpaired) electrons. The lowest BCUT2D eigenvalue weighted by atomic mass is 10.0. The maximum atomic E-state index is 12.9. The highest BCUT2D eigenvalue weighted by Crippen LogP contribution is 2.24. The molecular formula is C24H27N3O3. The number of carbonyl (C=O) groups excluding carboxylic acids is 1. The molecule has 2 heterocycles. The molecule has 1 amide bonds. The summed E-state index contributed by atoms with van der Waals surface area (Å²) < 4.78 is 13.4. The summed E-state index contributed by atoms with van der Waals surface area (Å²) >= 11 is 0. The Morgan fingerprint density at radius 1 is 1.07 bits per heavy atom. The van der Waals surface area contributed by atoms with Crippen molar-refractivity contribution >= 4 is 5.91 Å². The van der Waals surface area contributed by atoms with Crippen LogP contribution in [0.5, 0.6) is 5.75 Å². The van der Waals surface area contributed by atoms with Gasteiger partial charge in [0, 0.05) is 31.9 Å². The van der Waals surface area contributed by atoms with E-state index in [0.717, 1.165) is 23.3 Å². The Hall–Kier alpha value is -3.12. The van der Waals surface area contributed by atoms with Gasteiger partial charge in [-0.2, -0.15) is 5.10 Å². The molecule has 6 heteroatoms. The molecule has 1 aliphatic heterocycles. The van der Waals surface area contributed by atoms with Gasteiger partial charge in [0.15, 0.2) is 0 Å². The van der Waals surface area contributed by atoms with Gasteiger partial charge in [0.05, 0.1) is 13.2 Å². The largest absolute Gasteiger partial charge is 0.491 e. The van der Waals surface area contributed by atoms with Gasteiger partial charge in [-0.25, -0.2) is 0 Å². The highest BCUT2D eigenvalue weighted by Gasteiger charge is 2.16. The predicted octanol–water partition coefficient (Wildman–Crippen LogP) is 3.22. The van der Waals surface area contributed by atoms with Crippen LogP contribution in [0.3, 0.4) is 0 Å². The van der Waals surface area contributed by atoms with Crippen LogP contribution < -0.4 is 4.74 Å². The Morgan fingerprint density at radius 2 is 1.97 bits per heavy atom. The van der Waals surface area contributed by atoms with Crippen LogP contribution in [0.1, 0.15) is 22.3 Å². The number of hydrogen-bond donors (Lipinski definition) is 0. The number of amides is 1. The standard InChI is InChI=1S/C24H27N3O3/c1-19-6-7-23-22(14-19)16-20-4-2-5-21(15-20)17-26(10-11-29-12-13-30-23)24(28)18-27-9-3-8-25-27/h2-9,14-15H,10-13,16-18H2,1H3. The zero-order valence-electron chi connectivity index (χ0n) is 17.3. The predicted molar refractivity (Wildman–Crippen MR) is 114 cm³/mol. The number of nitrogens with zero attached hydrogens (tertiary/aromatic N) is 3. The van der Waals surface area contributed by atoms with Crippen LogP contribution in [0, 0.1) is 6.92 Å². The van der Waals surface area contributed by atoms with Crippen molar-refractivity contribution in [1.29, 1.82) is 0 Å². The zero-order chi connectivity index (χ0) is 20.8. The number of rotatable bonds is 2. The molecule has 0 unspecified atom stereocenters. The normalized spacial score (nSPS) is 15.0. The van der Waals surface area contributed by atoms with Gasteiger partial charge >= 0.3 is 0 Å². The summed E-state index contributed by atoms with van der Waals surface area (Å²) in [5.41, 5.74) is 4.68. The topological polar surface area (TPSA) is 56.6 Å². The van der Waals surface area contributed by atoms with Crippen molar-refractivity contribution in [3.8, 4) is 5.75 Å². The summed E-state index contributed by atoms with van der Waals surface area (Å²) in [5, 5.41) is 4.15.